The molecule has 0 amide bonds. The lowest BCUT2D eigenvalue weighted by Gasteiger charge is -2.25. The van der Waals surface area contributed by atoms with Gasteiger partial charge in [0, 0.05) is 11.6 Å². The predicted molar refractivity (Wildman–Crippen MR) is 74.7 cm³/mol. The molecule has 1 aliphatic rings. The molecule has 3 N–H and O–H groups in total. The maximum atomic E-state index is 6.30. The summed E-state index contributed by atoms with van der Waals surface area (Å²) in [5.74, 6) is 0. The summed E-state index contributed by atoms with van der Waals surface area (Å²) >= 11 is 0. The van der Waals surface area contributed by atoms with Crippen molar-refractivity contribution in [1.29, 1.82) is 0 Å². The Morgan fingerprint density at radius 2 is 1.94 bits per heavy atom. The Kier molecular flexibility index (Phi) is 6.44. The molecule has 1 unspecified atom stereocenters. The minimum absolute atomic E-state index is 0.0424. The summed E-state index contributed by atoms with van der Waals surface area (Å²) in [6.07, 6.45) is 11.8. The Balaban J connectivity index is 2.04. The molecule has 0 aromatic rings. The monoisotopic (exact) mass is 224 g/mol. The molecule has 0 aliphatic heterocycles. The first-order valence-corrected chi connectivity index (χ1v) is 7.16. The first-order chi connectivity index (χ1) is 7.64. The largest absolute Gasteiger partial charge is 0.325 e. The van der Waals surface area contributed by atoms with Crippen LogP contribution in [0.3, 0.4) is 0 Å². The van der Waals surface area contributed by atoms with Crippen LogP contribution < -0.4 is 11.1 Å². The third kappa shape index (κ3) is 5.90. The zero-order valence-corrected chi connectivity index (χ0v) is 11.2. The minimum Gasteiger partial charge on any atom is -0.325 e. The average Bonchev–Trinajstić information content (AvgIpc) is 2.70. The fourth-order valence-electron chi connectivity index (χ4n) is 2.60. The number of rotatable bonds is 8. The second kappa shape index (κ2) is 7.34. The minimum atomic E-state index is 0.0424. The van der Waals surface area contributed by atoms with Gasteiger partial charge in [-0.2, -0.15) is 0 Å². The molecule has 2 nitrogen and oxygen atoms in total. The molecule has 0 aromatic heterocycles. The number of nitrogens with two attached hydrogens (primary N) is 1. The van der Waals surface area contributed by atoms with Gasteiger partial charge in [-0.1, -0.05) is 32.0 Å². The summed E-state index contributed by atoms with van der Waals surface area (Å²) in [6, 6.07) is 0.784. The maximum Gasteiger partial charge on any atom is 0.101 e. The summed E-state index contributed by atoms with van der Waals surface area (Å²) in [6.45, 7) is 3.31. The molecule has 3 heteroatoms. The van der Waals surface area contributed by atoms with Crippen molar-refractivity contribution >= 4 is 7.85 Å². The number of hydrogen-bond acceptors (Lipinski definition) is 2. The van der Waals surface area contributed by atoms with E-state index in [2.05, 4.69) is 20.1 Å². The average molecular weight is 224 g/mol. The highest BCUT2D eigenvalue weighted by atomic mass is 14.9. The molecule has 1 rings (SSSR count). The van der Waals surface area contributed by atoms with E-state index in [-0.39, 0.29) is 5.54 Å². The molecular formula is C13H29BN2. The normalized spacial score (nSPS) is 21.1. The summed E-state index contributed by atoms with van der Waals surface area (Å²) in [5.41, 5.74) is 6.34. The van der Waals surface area contributed by atoms with Gasteiger partial charge in [0.25, 0.3) is 0 Å². The van der Waals surface area contributed by atoms with E-state index < -0.39 is 0 Å². The lowest BCUT2D eigenvalue weighted by atomic mass is 9.89. The van der Waals surface area contributed by atoms with Crippen LogP contribution in [0.25, 0.3) is 0 Å². The molecule has 0 saturated heterocycles. The van der Waals surface area contributed by atoms with E-state index in [0.29, 0.717) is 0 Å². The topological polar surface area (TPSA) is 38.0 Å². The van der Waals surface area contributed by atoms with Gasteiger partial charge in [0.2, 0.25) is 0 Å². The molecule has 0 heterocycles. The van der Waals surface area contributed by atoms with Crippen molar-refractivity contribution in [1.82, 2.24) is 5.32 Å². The maximum absolute atomic E-state index is 6.30. The van der Waals surface area contributed by atoms with Gasteiger partial charge in [0.15, 0.2) is 0 Å². The van der Waals surface area contributed by atoms with Crippen LogP contribution >= 0.6 is 0 Å². The summed E-state index contributed by atoms with van der Waals surface area (Å²) in [7, 11) is 2.25. The van der Waals surface area contributed by atoms with E-state index in [0.717, 1.165) is 19.0 Å². The summed E-state index contributed by atoms with van der Waals surface area (Å²) < 4.78 is 0. The van der Waals surface area contributed by atoms with Crippen LogP contribution in [0.1, 0.15) is 58.3 Å². The lowest BCUT2D eigenvalue weighted by molar-refractivity contribution is 0.366. The van der Waals surface area contributed by atoms with Gasteiger partial charge in [-0.05, 0) is 39.2 Å². The zero-order valence-electron chi connectivity index (χ0n) is 11.2. The van der Waals surface area contributed by atoms with E-state index in [1.54, 1.807) is 0 Å². The first kappa shape index (κ1) is 14.0. The highest BCUT2D eigenvalue weighted by molar-refractivity contribution is 6.08. The summed E-state index contributed by atoms with van der Waals surface area (Å²) in [4.78, 5) is 0. The number of unbranched alkanes of at least 4 members (excludes halogenated alkanes) is 1. The van der Waals surface area contributed by atoms with Gasteiger partial charge in [-0.15, -0.1) is 0 Å². The SMILES string of the molecule is BCCCCC(C)(N)CCNC1CCCC1. The van der Waals surface area contributed by atoms with Crippen LogP contribution in [0.2, 0.25) is 6.32 Å². The van der Waals surface area contributed by atoms with Crippen LogP contribution in [0.5, 0.6) is 0 Å². The molecular weight excluding hydrogens is 195 g/mol. The molecule has 0 spiro atoms. The van der Waals surface area contributed by atoms with E-state index in [1.807, 2.05) is 0 Å². The molecule has 0 radical (unpaired) electrons. The van der Waals surface area contributed by atoms with E-state index in [9.17, 15) is 0 Å². The van der Waals surface area contributed by atoms with Gasteiger partial charge < -0.3 is 11.1 Å². The lowest BCUT2D eigenvalue weighted by Crippen LogP contribution is -2.40. The third-order valence-corrected chi connectivity index (χ3v) is 3.84. The second-order valence-electron chi connectivity index (χ2n) is 5.80. The number of nitrogens with one attached hydrogen (secondary N) is 1. The van der Waals surface area contributed by atoms with E-state index >= 15 is 0 Å². The number of hydrogen-bond donors (Lipinski definition) is 2. The van der Waals surface area contributed by atoms with Gasteiger partial charge in [-0.3, -0.25) is 0 Å². The van der Waals surface area contributed by atoms with Crippen molar-refractivity contribution in [2.45, 2.75) is 76.2 Å². The molecule has 0 aromatic carbocycles. The van der Waals surface area contributed by atoms with Crippen molar-refractivity contribution in [3.05, 3.63) is 0 Å². The van der Waals surface area contributed by atoms with E-state index in [1.165, 1.54) is 51.3 Å². The van der Waals surface area contributed by atoms with Crippen molar-refractivity contribution in [2.24, 2.45) is 5.73 Å². The van der Waals surface area contributed by atoms with Gasteiger partial charge in [-0.25, -0.2) is 0 Å². The Hall–Kier alpha value is -0.0151. The standard InChI is InChI=1S/C13H29BN2/c1-13(15,8-4-5-10-14)9-11-16-12-6-2-3-7-12/h12,16H,2-11,14-15H2,1H3. The molecule has 16 heavy (non-hydrogen) atoms. The Morgan fingerprint density at radius 3 is 2.56 bits per heavy atom. The fourth-order valence-corrected chi connectivity index (χ4v) is 2.60. The highest BCUT2D eigenvalue weighted by Crippen LogP contribution is 2.19. The third-order valence-electron chi connectivity index (χ3n) is 3.84. The molecule has 0 bridgehead atoms. The molecule has 1 fully saturated rings. The van der Waals surface area contributed by atoms with Crippen LogP contribution in [-0.2, 0) is 0 Å². The van der Waals surface area contributed by atoms with Gasteiger partial charge >= 0.3 is 0 Å². The Morgan fingerprint density at radius 1 is 1.25 bits per heavy atom. The predicted octanol–water partition coefficient (Wildman–Crippen LogP) is 1.85. The van der Waals surface area contributed by atoms with Gasteiger partial charge in [0.1, 0.15) is 7.85 Å². The highest BCUT2D eigenvalue weighted by Gasteiger charge is 2.19. The first-order valence-electron chi connectivity index (χ1n) is 7.16. The Bertz CT molecular complexity index is 177. The van der Waals surface area contributed by atoms with Gasteiger partial charge in [0.05, 0.1) is 0 Å². The Labute approximate surface area is 102 Å². The van der Waals surface area contributed by atoms with Crippen molar-refractivity contribution in [2.75, 3.05) is 6.54 Å². The quantitative estimate of drug-likeness (QED) is 0.487. The zero-order chi connectivity index (χ0) is 11.9. The summed E-state index contributed by atoms with van der Waals surface area (Å²) in [5, 5.41) is 3.65. The second-order valence-corrected chi connectivity index (χ2v) is 5.80. The fraction of sp³-hybridized carbons (Fsp3) is 1.00. The molecule has 1 saturated carbocycles. The smallest absolute Gasteiger partial charge is 0.101 e. The van der Waals surface area contributed by atoms with Crippen LogP contribution in [0, 0.1) is 0 Å². The van der Waals surface area contributed by atoms with Crippen molar-refractivity contribution in [3.8, 4) is 0 Å². The molecule has 1 atom stereocenters. The molecule has 94 valence electrons. The van der Waals surface area contributed by atoms with Crippen LogP contribution in [0.4, 0.5) is 0 Å². The van der Waals surface area contributed by atoms with Crippen molar-refractivity contribution in [3.63, 3.8) is 0 Å². The van der Waals surface area contributed by atoms with Crippen molar-refractivity contribution < 1.29 is 0 Å². The van der Waals surface area contributed by atoms with E-state index in [4.69, 9.17) is 5.73 Å². The molecule has 1 aliphatic carbocycles. The van der Waals surface area contributed by atoms with Crippen LogP contribution in [-0.4, -0.2) is 26.0 Å². The van der Waals surface area contributed by atoms with Crippen LogP contribution in [0.15, 0.2) is 0 Å².